The molecule has 2 nitrogen and oxygen atoms in total. The van der Waals surface area contributed by atoms with Crippen LogP contribution in [-0.2, 0) is 6.42 Å². The fourth-order valence-electron chi connectivity index (χ4n) is 1.92. The zero-order chi connectivity index (χ0) is 12.1. The molecule has 0 aliphatic rings. The van der Waals surface area contributed by atoms with Gasteiger partial charge in [-0.3, -0.25) is 0 Å². The van der Waals surface area contributed by atoms with Crippen LogP contribution in [-0.4, -0.2) is 7.11 Å². The van der Waals surface area contributed by atoms with Gasteiger partial charge in [-0.15, -0.1) is 0 Å². The van der Waals surface area contributed by atoms with Crippen molar-refractivity contribution >= 4 is 11.4 Å². The Labute approximate surface area is 102 Å². The smallest absolute Gasteiger partial charge is 0.124 e. The number of nitrogens with one attached hydrogen (secondary N) is 1. The second kappa shape index (κ2) is 5.39. The summed E-state index contributed by atoms with van der Waals surface area (Å²) in [7, 11) is 1.71. The Bertz CT molecular complexity index is 480. The third-order valence-corrected chi connectivity index (χ3v) is 2.76. The molecule has 0 unspecified atom stereocenters. The molecular formula is C15H17NO. The molecule has 0 bridgehead atoms. The van der Waals surface area contributed by atoms with Crippen molar-refractivity contribution in [1.29, 1.82) is 0 Å². The average Bonchev–Trinajstić information content (AvgIpc) is 2.39. The minimum atomic E-state index is 0.938. The van der Waals surface area contributed by atoms with Crippen LogP contribution >= 0.6 is 0 Å². The van der Waals surface area contributed by atoms with Crippen LogP contribution in [0.3, 0.4) is 0 Å². The lowest BCUT2D eigenvalue weighted by Crippen LogP contribution is -1.98. The molecule has 2 heteroatoms. The Morgan fingerprint density at radius 1 is 1.00 bits per heavy atom. The second-order valence-electron chi connectivity index (χ2n) is 3.83. The molecule has 0 saturated heterocycles. The van der Waals surface area contributed by atoms with Crippen molar-refractivity contribution in [2.75, 3.05) is 12.4 Å². The summed E-state index contributed by atoms with van der Waals surface area (Å²) in [6.07, 6.45) is 0.944. The van der Waals surface area contributed by atoms with Crippen molar-refractivity contribution in [3.63, 3.8) is 0 Å². The maximum absolute atomic E-state index is 5.37. The summed E-state index contributed by atoms with van der Waals surface area (Å²) in [5, 5.41) is 3.42. The maximum atomic E-state index is 5.37. The summed E-state index contributed by atoms with van der Waals surface area (Å²) >= 11 is 0. The van der Waals surface area contributed by atoms with Crippen LogP contribution in [0.5, 0.6) is 5.75 Å². The molecule has 0 saturated carbocycles. The molecule has 2 rings (SSSR count). The highest BCUT2D eigenvalue weighted by atomic mass is 16.5. The largest absolute Gasteiger partial charge is 0.496 e. The van der Waals surface area contributed by atoms with Crippen molar-refractivity contribution in [2.45, 2.75) is 13.3 Å². The van der Waals surface area contributed by atoms with Crippen LogP contribution in [0, 0.1) is 0 Å². The first-order valence-corrected chi connectivity index (χ1v) is 5.83. The monoisotopic (exact) mass is 227 g/mol. The lowest BCUT2D eigenvalue weighted by Gasteiger charge is -2.14. The van der Waals surface area contributed by atoms with Crippen LogP contribution in [0.4, 0.5) is 11.4 Å². The fraction of sp³-hybridized carbons (Fsp3) is 0.200. The van der Waals surface area contributed by atoms with Gasteiger partial charge in [-0.25, -0.2) is 0 Å². The van der Waals surface area contributed by atoms with E-state index in [1.807, 2.05) is 30.3 Å². The fourth-order valence-corrected chi connectivity index (χ4v) is 1.92. The molecule has 17 heavy (non-hydrogen) atoms. The normalized spacial score (nSPS) is 10.0. The Morgan fingerprint density at radius 3 is 2.41 bits per heavy atom. The van der Waals surface area contributed by atoms with Gasteiger partial charge in [0.15, 0.2) is 0 Å². The van der Waals surface area contributed by atoms with Gasteiger partial charge in [0.25, 0.3) is 0 Å². The molecule has 0 fully saturated rings. The first-order valence-electron chi connectivity index (χ1n) is 5.83. The van der Waals surface area contributed by atoms with E-state index in [0.717, 1.165) is 23.5 Å². The van der Waals surface area contributed by atoms with E-state index in [1.165, 1.54) is 5.56 Å². The Morgan fingerprint density at radius 2 is 1.76 bits per heavy atom. The quantitative estimate of drug-likeness (QED) is 0.852. The molecule has 0 radical (unpaired) electrons. The summed E-state index contributed by atoms with van der Waals surface area (Å²) in [6, 6.07) is 16.2. The summed E-state index contributed by atoms with van der Waals surface area (Å²) < 4.78 is 5.37. The first-order chi connectivity index (χ1) is 8.35. The molecule has 0 atom stereocenters. The number of hydrogen-bond acceptors (Lipinski definition) is 2. The zero-order valence-corrected chi connectivity index (χ0v) is 10.2. The average molecular weight is 227 g/mol. The first kappa shape index (κ1) is 11.5. The summed E-state index contributed by atoms with van der Waals surface area (Å²) in [5.41, 5.74) is 3.41. The highest BCUT2D eigenvalue weighted by molar-refractivity contribution is 5.66. The molecule has 0 amide bonds. The number of anilines is 2. The maximum Gasteiger partial charge on any atom is 0.124 e. The van der Waals surface area contributed by atoms with Gasteiger partial charge >= 0.3 is 0 Å². The molecule has 0 aliphatic carbocycles. The van der Waals surface area contributed by atoms with Crippen LogP contribution < -0.4 is 10.1 Å². The lowest BCUT2D eigenvalue weighted by atomic mass is 10.1. The minimum absolute atomic E-state index is 0.938. The molecule has 2 aromatic carbocycles. The van der Waals surface area contributed by atoms with Crippen LogP contribution in [0.15, 0.2) is 48.5 Å². The van der Waals surface area contributed by atoms with Gasteiger partial charge in [-0.2, -0.15) is 0 Å². The third kappa shape index (κ3) is 2.59. The summed E-state index contributed by atoms with van der Waals surface area (Å²) in [5.74, 6) is 0.938. The van der Waals surface area contributed by atoms with Crippen molar-refractivity contribution < 1.29 is 4.74 Å². The Kier molecular flexibility index (Phi) is 3.66. The van der Waals surface area contributed by atoms with E-state index in [2.05, 4.69) is 30.4 Å². The van der Waals surface area contributed by atoms with E-state index in [-0.39, 0.29) is 0 Å². The van der Waals surface area contributed by atoms with E-state index in [4.69, 9.17) is 4.74 Å². The second-order valence-corrected chi connectivity index (χ2v) is 3.83. The number of ether oxygens (including phenoxy) is 1. The van der Waals surface area contributed by atoms with Crippen molar-refractivity contribution in [3.05, 3.63) is 54.1 Å². The predicted molar refractivity (Wildman–Crippen MR) is 72.1 cm³/mol. The number of methoxy groups -OCH3 is 1. The van der Waals surface area contributed by atoms with E-state index >= 15 is 0 Å². The number of para-hydroxylation sites is 1. The van der Waals surface area contributed by atoms with Gasteiger partial charge < -0.3 is 10.1 Å². The van der Waals surface area contributed by atoms with Crippen molar-refractivity contribution in [2.24, 2.45) is 0 Å². The molecule has 1 N–H and O–H groups in total. The molecular weight excluding hydrogens is 210 g/mol. The molecule has 0 spiro atoms. The van der Waals surface area contributed by atoms with Gasteiger partial charge in [0.05, 0.1) is 7.11 Å². The van der Waals surface area contributed by atoms with Crippen LogP contribution in [0.2, 0.25) is 0 Å². The lowest BCUT2D eigenvalue weighted by molar-refractivity contribution is 0.410. The summed E-state index contributed by atoms with van der Waals surface area (Å²) in [6.45, 7) is 2.13. The van der Waals surface area contributed by atoms with E-state index in [0.29, 0.717) is 0 Å². The predicted octanol–water partition coefficient (Wildman–Crippen LogP) is 4.00. The molecule has 0 aromatic heterocycles. The Hall–Kier alpha value is -1.96. The van der Waals surface area contributed by atoms with Crippen molar-refractivity contribution in [3.8, 4) is 5.75 Å². The number of rotatable bonds is 4. The van der Waals surface area contributed by atoms with Gasteiger partial charge in [-0.1, -0.05) is 31.2 Å². The van der Waals surface area contributed by atoms with Crippen LogP contribution in [0.1, 0.15) is 12.5 Å². The van der Waals surface area contributed by atoms with Gasteiger partial charge in [-0.05, 0) is 30.7 Å². The Balaban J connectivity index is 2.33. The SMILES string of the molecule is CCc1c(Nc2ccccc2)cccc1OC. The standard InChI is InChI=1S/C15H17NO/c1-3-13-14(10-7-11-15(13)17-2)16-12-8-5-4-6-9-12/h4-11,16H,3H2,1-2H3. The highest BCUT2D eigenvalue weighted by Gasteiger charge is 2.06. The molecule has 88 valence electrons. The summed E-state index contributed by atoms with van der Waals surface area (Å²) in [4.78, 5) is 0. The molecule has 0 heterocycles. The van der Waals surface area contributed by atoms with Gasteiger partial charge in [0, 0.05) is 16.9 Å². The van der Waals surface area contributed by atoms with Crippen LogP contribution in [0.25, 0.3) is 0 Å². The van der Waals surface area contributed by atoms with Crippen molar-refractivity contribution in [1.82, 2.24) is 0 Å². The molecule has 2 aromatic rings. The molecule has 0 aliphatic heterocycles. The topological polar surface area (TPSA) is 21.3 Å². The van der Waals surface area contributed by atoms with E-state index < -0.39 is 0 Å². The minimum Gasteiger partial charge on any atom is -0.496 e. The number of benzene rings is 2. The van der Waals surface area contributed by atoms with Gasteiger partial charge in [0.2, 0.25) is 0 Å². The third-order valence-electron chi connectivity index (χ3n) is 2.76. The van der Waals surface area contributed by atoms with E-state index in [1.54, 1.807) is 7.11 Å². The highest BCUT2D eigenvalue weighted by Crippen LogP contribution is 2.29. The zero-order valence-electron chi connectivity index (χ0n) is 10.2. The van der Waals surface area contributed by atoms with E-state index in [9.17, 15) is 0 Å². The van der Waals surface area contributed by atoms with Gasteiger partial charge in [0.1, 0.15) is 5.75 Å². The number of hydrogen-bond donors (Lipinski definition) is 1.